The fourth-order valence-electron chi connectivity index (χ4n) is 5.01. The minimum atomic E-state index is 0.729. The van der Waals surface area contributed by atoms with Gasteiger partial charge in [-0.25, -0.2) is 0 Å². The van der Waals surface area contributed by atoms with Crippen molar-refractivity contribution in [3.05, 3.63) is 17.7 Å². The van der Waals surface area contributed by atoms with E-state index in [9.17, 15) is 0 Å². The van der Waals surface area contributed by atoms with Crippen LogP contribution in [0.3, 0.4) is 0 Å². The number of benzene rings is 1. The normalized spacial score (nSPS) is 26.1. The Kier molecular flexibility index (Phi) is 5.49. The van der Waals surface area contributed by atoms with Crippen molar-refractivity contribution in [3.63, 3.8) is 0 Å². The molecule has 0 atom stereocenters. The van der Waals surface area contributed by atoms with E-state index in [1.807, 2.05) is 0 Å². The zero-order chi connectivity index (χ0) is 17.9. The summed E-state index contributed by atoms with van der Waals surface area (Å²) in [7, 11) is 4.32. The minimum Gasteiger partial charge on any atom is -0.371 e. The third-order valence-corrected chi connectivity index (χ3v) is 6.61. The van der Waals surface area contributed by atoms with Crippen LogP contribution >= 0.6 is 0 Å². The van der Waals surface area contributed by atoms with E-state index in [0.29, 0.717) is 0 Å². The quantitative estimate of drug-likeness (QED) is 0.881. The van der Waals surface area contributed by atoms with Gasteiger partial charge in [-0.05, 0) is 82.0 Å². The summed E-state index contributed by atoms with van der Waals surface area (Å²) in [5, 5.41) is 3.46. The highest BCUT2D eigenvalue weighted by molar-refractivity contribution is 5.85. The van der Waals surface area contributed by atoms with Crippen molar-refractivity contribution in [2.45, 2.75) is 57.4 Å². The van der Waals surface area contributed by atoms with Crippen molar-refractivity contribution >= 4 is 23.3 Å². The number of fused-ring (bicyclic) bond motifs is 1. The van der Waals surface area contributed by atoms with E-state index < -0.39 is 0 Å². The van der Waals surface area contributed by atoms with Crippen LogP contribution in [0.4, 0.5) is 17.1 Å². The molecule has 0 unspecified atom stereocenters. The molecule has 2 fully saturated rings. The number of nitrogens with one attached hydrogen (secondary N) is 1. The Hall–Kier alpha value is -1.55. The van der Waals surface area contributed by atoms with Crippen LogP contribution in [-0.4, -0.2) is 46.0 Å². The molecule has 1 saturated heterocycles. The van der Waals surface area contributed by atoms with Crippen LogP contribution in [0.2, 0.25) is 0 Å². The second-order valence-corrected chi connectivity index (χ2v) is 8.42. The van der Waals surface area contributed by atoms with Gasteiger partial charge in [-0.15, -0.1) is 0 Å². The first kappa shape index (κ1) is 17.8. The van der Waals surface area contributed by atoms with E-state index >= 15 is 0 Å². The topological polar surface area (TPSA) is 30.9 Å². The number of aliphatic imine (C=N–C) groups is 1. The van der Waals surface area contributed by atoms with Crippen LogP contribution in [0.25, 0.3) is 0 Å². The van der Waals surface area contributed by atoms with E-state index in [1.165, 1.54) is 87.1 Å². The number of hydrogen-bond acceptors (Lipinski definition) is 4. The monoisotopic (exact) mass is 354 g/mol. The van der Waals surface area contributed by atoms with Crippen molar-refractivity contribution in [2.24, 2.45) is 10.9 Å². The Morgan fingerprint density at radius 1 is 1.08 bits per heavy atom. The van der Waals surface area contributed by atoms with Gasteiger partial charge in [0.2, 0.25) is 0 Å². The van der Waals surface area contributed by atoms with Gasteiger partial charge in [-0.1, -0.05) is 0 Å². The predicted molar refractivity (Wildman–Crippen MR) is 112 cm³/mol. The Bertz CT molecular complexity index is 640. The van der Waals surface area contributed by atoms with Gasteiger partial charge >= 0.3 is 0 Å². The SMILES string of the molecule is CNC1CCC(Cc2cc(N3CCCCC3)cc3c2N(C)CC=N3)CC1. The zero-order valence-corrected chi connectivity index (χ0v) is 16.5. The molecule has 0 spiro atoms. The molecular formula is C22H34N4. The standard InChI is InChI=1S/C22H34N4/c1-23-19-8-6-17(7-9-19)14-18-15-20(26-11-4-3-5-12-26)16-21-22(18)25(2)13-10-24-21/h10,15-17,19,23H,3-9,11-14H2,1-2H3. The lowest BCUT2D eigenvalue weighted by Crippen LogP contribution is -2.31. The second kappa shape index (κ2) is 7.99. The maximum absolute atomic E-state index is 4.77. The highest BCUT2D eigenvalue weighted by Gasteiger charge is 2.25. The Balaban J connectivity index is 1.60. The van der Waals surface area contributed by atoms with Gasteiger partial charge in [0.25, 0.3) is 0 Å². The largest absolute Gasteiger partial charge is 0.371 e. The molecule has 1 aromatic rings. The summed E-state index contributed by atoms with van der Waals surface area (Å²) >= 11 is 0. The molecule has 0 radical (unpaired) electrons. The highest BCUT2D eigenvalue weighted by atomic mass is 15.2. The zero-order valence-electron chi connectivity index (χ0n) is 16.5. The molecular weight excluding hydrogens is 320 g/mol. The number of piperidine rings is 1. The van der Waals surface area contributed by atoms with Gasteiger partial charge in [0, 0.05) is 38.1 Å². The molecule has 2 aliphatic heterocycles. The van der Waals surface area contributed by atoms with Crippen LogP contribution in [0.1, 0.15) is 50.5 Å². The van der Waals surface area contributed by atoms with Gasteiger partial charge in [-0.3, -0.25) is 4.99 Å². The molecule has 3 aliphatic rings. The van der Waals surface area contributed by atoms with E-state index in [0.717, 1.165) is 18.5 Å². The van der Waals surface area contributed by atoms with Gasteiger partial charge in [0.1, 0.15) is 0 Å². The molecule has 1 aliphatic carbocycles. The lowest BCUT2D eigenvalue weighted by atomic mass is 9.82. The van der Waals surface area contributed by atoms with Crippen molar-refractivity contribution in [1.82, 2.24) is 5.32 Å². The minimum absolute atomic E-state index is 0.729. The summed E-state index contributed by atoms with van der Waals surface area (Å²) in [6.07, 6.45) is 12.6. The molecule has 4 rings (SSSR count). The van der Waals surface area contributed by atoms with Crippen molar-refractivity contribution < 1.29 is 0 Å². The maximum Gasteiger partial charge on any atom is 0.0883 e. The molecule has 1 aromatic carbocycles. The summed E-state index contributed by atoms with van der Waals surface area (Å²) in [4.78, 5) is 9.74. The molecule has 142 valence electrons. The molecule has 1 saturated carbocycles. The lowest BCUT2D eigenvalue weighted by molar-refractivity contribution is 0.300. The van der Waals surface area contributed by atoms with Crippen LogP contribution in [0.15, 0.2) is 17.1 Å². The molecule has 0 amide bonds. The third kappa shape index (κ3) is 3.75. The summed E-state index contributed by atoms with van der Waals surface area (Å²) in [5.41, 5.74) is 5.48. The first-order chi connectivity index (χ1) is 12.7. The summed E-state index contributed by atoms with van der Waals surface area (Å²) in [5.74, 6) is 0.819. The number of nitrogens with zero attached hydrogens (tertiary/aromatic N) is 3. The van der Waals surface area contributed by atoms with Gasteiger partial charge in [-0.2, -0.15) is 0 Å². The van der Waals surface area contributed by atoms with Gasteiger partial charge in [0.05, 0.1) is 17.9 Å². The van der Waals surface area contributed by atoms with Crippen LogP contribution in [0.5, 0.6) is 0 Å². The van der Waals surface area contributed by atoms with E-state index in [4.69, 9.17) is 4.99 Å². The fourth-order valence-corrected chi connectivity index (χ4v) is 5.01. The molecule has 0 aromatic heterocycles. The average Bonchev–Trinajstić information content (AvgIpc) is 2.69. The lowest BCUT2D eigenvalue weighted by Gasteiger charge is -2.34. The average molecular weight is 355 g/mol. The molecule has 26 heavy (non-hydrogen) atoms. The molecule has 1 N–H and O–H groups in total. The van der Waals surface area contributed by atoms with E-state index in [1.54, 1.807) is 0 Å². The van der Waals surface area contributed by atoms with Crippen molar-refractivity contribution in [1.29, 1.82) is 0 Å². The molecule has 4 heteroatoms. The third-order valence-electron chi connectivity index (χ3n) is 6.61. The van der Waals surface area contributed by atoms with E-state index in [2.05, 4.69) is 47.6 Å². The fraction of sp³-hybridized carbons (Fsp3) is 0.682. The Labute approximate surface area is 158 Å². The van der Waals surface area contributed by atoms with Crippen LogP contribution < -0.4 is 15.1 Å². The van der Waals surface area contributed by atoms with Crippen molar-refractivity contribution in [2.75, 3.05) is 43.5 Å². The first-order valence-electron chi connectivity index (χ1n) is 10.6. The predicted octanol–water partition coefficient (Wildman–Crippen LogP) is 4.15. The first-order valence-corrected chi connectivity index (χ1v) is 10.6. The van der Waals surface area contributed by atoms with Crippen LogP contribution in [0, 0.1) is 5.92 Å². The summed E-state index contributed by atoms with van der Waals surface area (Å²) in [6, 6.07) is 5.55. The summed E-state index contributed by atoms with van der Waals surface area (Å²) in [6.45, 7) is 3.33. The number of rotatable bonds is 4. The molecule has 0 bridgehead atoms. The smallest absolute Gasteiger partial charge is 0.0883 e. The van der Waals surface area contributed by atoms with Crippen molar-refractivity contribution in [3.8, 4) is 0 Å². The molecule has 2 heterocycles. The Morgan fingerprint density at radius 3 is 2.58 bits per heavy atom. The highest BCUT2D eigenvalue weighted by Crippen LogP contribution is 2.41. The maximum atomic E-state index is 4.77. The second-order valence-electron chi connectivity index (χ2n) is 8.42. The number of hydrogen-bond donors (Lipinski definition) is 1. The summed E-state index contributed by atoms with van der Waals surface area (Å²) < 4.78 is 0. The Morgan fingerprint density at radius 2 is 1.85 bits per heavy atom. The van der Waals surface area contributed by atoms with E-state index in [-0.39, 0.29) is 0 Å². The van der Waals surface area contributed by atoms with Crippen LogP contribution in [-0.2, 0) is 6.42 Å². The molecule has 4 nitrogen and oxygen atoms in total. The number of anilines is 2. The van der Waals surface area contributed by atoms with Gasteiger partial charge < -0.3 is 15.1 Å². The van der Waals surface area contributed by atoms with Gasteiger partial charge in [0.15, 0.2) is 0 Å².